The van der Waals surface area contributed by atoms with Gasteiger partial charge in [-0.05, 0) is 9.91 Å². The van der Waals surface area contributed by atoms with E-state index >= 15 is 0 Å². The molecule has 0 aliphatic heterocycles. The van der Waals surface area contributed by atoms with Gasteiger partial charge >= 0.3 is 5.82 Å². The molecule has 90 valence electrons. The molecule has 2 N–H and O–H groups in total. The van der Waals surface area contributed by atoms with Crippen LogP contribution in [0, 0.1) is 10.1 Å². The van der Waals surface area contributed by atoms with Crippen molar-refractivity contribution >= 4 is 5.82 Å². The van der Waals surface area contributed by atoms with Crippen molar-refractivity contribution in [2.75, 3.05) is 0 Å². The van der Waals surface area contributed by atoms with Crippen molar-refractivity contribution in [2.24, 2.45) is 0 Å². The second-order valence-electron chi connectivity index (χ2n) is 3.43. The first-order valence-corrected chi connectivity index (χ1v) is 4.81. The summed E-state index contributed by atoms with van der Waals surface area (Å²) in [5.41, 5.74) is 0. The predicted octanol–water partition coefficient (Wildman–Crippen LogP) is 0.704. The summed E-state index contributed by atoms with van der Waals surface area (Å²) in [5, 5.41) is 29.1. The Labute approximate surface area is 95.5 Å². The van der Waals surface area contributed by atoms with E-state index in [2.05, 4.69) is 4.98 Å². The zero-order chi connectivity index (χ0) is 12.4. The average molecular weight is 238 g/mol. The van der Waals surface area contributed by atoms with Gasteiger partial charge in [-0.15, -0.1) is 0 Å². The Morgan fingerprint density at radius 1 is 1.29 bits per heavy atom. The molecule has 0 saturated carbocycles. The number of aromatic hydroxyl groups is 2. The minimum absolute atomic E-state index is 0.0582. The summed E-state index contributed by atoms with van der Waals surface area (Å²) in [6.07, 6.45) is 2.62. The number of aryl methyl sites for hydroxylation is 1. The van der Waals surface area contributed by atoms with Crippen LogP contribution in [0.4, 0.5) is 5.82 Å². The van der Waals surface area contributed by atoms with E-state index in [-0.39, 0.29) is 24.1 Å². The quantitative estimate of drug-likeness (QED) is 0.602. The van der Waals surface area contributed by atoms with Gasteiger partial charge in [-0.3, -0.25) is 4.57 Å². The molecule has 0 bridgehead atoms. The highest BCUT2D eigenvalue weighted by Gasteiger charge is 2.10. The Hall–Kier alpha value is -2.51. The van der Waals surface area contributed by atoms with E-state index in [0.717, 1.165) is 0 Å². The summed E-state index contributed by atoms with van der Waals surface area (Å²) in [7, 11) is 0. The smallest absolute Gasteiger partial charge is 0.381 e. The van der Waals surface area contributed by atoms with E-state index in [1.165, 1.54) is 33.8 Å². The van der Waals surface area contributed by atoms with Crippen molar-refractivity contribution in [2.45, 2.75) is 13.1 Å². The molecule has 0 fully saturated rings. The summed E-state index contributed by atoms with van der Waals surface area (Å²) in [5.74, 6) is -0.347. The molecule has 2 rings (SSSR count). The lowest BCUT2D eigenvalue weighted by Crippen LogP contribution is -2.05. The minimum Gasteiger partial charge on any atom is -0.494 e. The Morgan fingerprint density at radius 3 is 2.47 bits per heavy atom. The van der Waals surface area contributed by atoms with Crippen molar-refractivity contribution in [3.05, 3.63) is 34.8 Å². The lowest BCUT2D eigenvalue weighted by molar-refractivity contribution is -0.389. The van der Waals surface area contributed by atoms with Crippen LogP contribution in [0.15, 0.2) is 24.7 Å². The summed E-state index contributed by atoms with van der Waals surface area (Å²) in [4.78, 5) is 13.4. The molecule has 0 amide bonds. The van der Waals surface area contributed by atoms with Gasteiger partial charge in [0.25, 0.3) is 0 Å². The maximum atomic E-state index is 10.4. The molecule has 0 atom stereocenters. The maximum Gasteiger partial charge on any atom is 0.381 e. The van der Waals surface area contributed by atoms with E-state index in [0.29, 0.717) is 6.54 Å². The van der Waals surface area contributed by atoms with E-state index in [4.69, 9.17) is 0 Å². The number of hydrogen-bond donors (Lipinski definition) is 2. The van der Waals surface area contributed by atoms with Gasteiger partial charge in [0.05, 0.1) is 0 Å². The SMILES string of the molecule is O=[N+]([O-])c1cn(CCn2c(O)ccc2O)cn1. The molecule has 2 aromatic rings. The minimum atomic E-state index is -0.582. The number of imidazole rings is 1. The fourth-order valence-electron chi connectivity index (χ4n) is 1.46. The van der Waals surface area contributed by atoms with Crippen molar-refractivity contribution in [1.29, 1.82) is 0 Å². The molecule has 0 unspecified atom stereocenters. The second kappa shape index (κ2) is 4.16. The molecule has 2 heterocycles. The molecule has 0 spiro atoms. The number of nitrogens with zero attached hydrogens (tertiary/aromatic N) is 4. The van der Waals surface area contributed by atoms with Gasteiger partial charge < -0.3 is 24.9 Å². The summed E-state index contributed by atoms with van der Waals surface area (Å²) >= 11 is 0. The topological polar surface area (TPSA) is 106 Å². The lowest BCUT2D eigenvalue weighted by Gasteiger charge is -2.05. The average Bonchev–Trinajstić information content (AvgIpc) is 2.85. The van der Waals surface area contributed by atoms with Crippen LogP contribution in [-0.4, -0.2) is 29.3 Å². The van der Waals surface area contributed by atoms with E-state index in [9.17, 15) is 20.3 Å². The van der Waals surface area contributed by atoms with Crippen LogP contribution in [0.5, 0.6) is 11.8 Å². The van der Waals surface area contributed by atoms with Gasteiger partial charge in [0.2, 0.25) is 6.33 Å². The van der Waals surface area contributed by atoms with Crippen LogP contribution in [-0.2, 0) is 13.1 Å². The Kier molecular flexibility index (Phi) is 2.69. The van der Waals surface area contributed by atoms with Crippen LogP contribution < -0.4 is 0 Å². The molecule has 0 aliphatic carbocycles. The number of rotatable bonds is 4. The third-order valence-electron chi connectivity index (χ3n) is 2.32. The van der Waals surface area contributed by atoms with Gasteiger partial charge in [0, 0.05) is 25.2 Å². The van der Waals surface area contributed by atoms with Gasteiger partial charge in [0.15, 0.2) is 11.8 Å². The zero-order valence-electron chi connectivity index (χ0n) is 8.72. The standard InChI is InChI=1S/C9H10N4O4/c14-8-1-2-9(15)12(8)4-3-11-5-7(10-6-11)13(16)17/h1-2,5-6,14-15H,3-4H2. The highest BCUT2D eigenvalue weighted by Crippen LogP contribution is 2.20. The molecule has 17 heavy (non-hydrogen) atoms. The summed E-state index contributed by atoms with van der Waals surface area (Å²) in [6, 6.07) is 2.73. The first-order chi connectivity index (χ1) is 8.08. The third-order valence-corrected chi connectivity index (χ3v) is 2.32. The number of aromatic nitrogens is 3. The third kappa shape index (κ3) is 2.19. The summed E-state index contributed by atoms with van der Waals surface area (Å²) < 4.78 is 2.79. The second-order valence-corrected chi connectivity index (χ2v) is 3.43. The molecular formula is C9H10N4O4. The Morgan fingerprint density at radius 2 is 1.94 bits per heavy atom. The van der Waals surface area contributed by atoms with Gasteiger partial charge in [0.1, 0.15) is 6.20 Å². The molecule has 0 aliphatic rings. The first kappa shape index (κ1) is 11.0. The van der Waals surface area contributed by atoms with Gasteiger partial charge in [-0.1, -0.05) is 0 Å². The number of hydrogen-bond acceptors (Lipinski definition) is 5. The van der Waals surface area contributed by atoms with E-state index in [1.807, 2.05) is 0 Å². The van der Waals surface area contributed by atoms with Crippen LogP contribution in [0.25, 0.3) is 0 Å². The molecule has 0 aromatic carbocycles. The van der Waals surface area contributed by atoms with Crippen molar-refractivity contribution < 1.29 is 15.1 Å². The largest absolute Gasteiger partial charge is 0.494 e. The molecule has 0 saturated heterocycles. The molecule has 0 radical (unpaired) electrons. The molecule has 2 aromatic heterocycles. The number of nitro groups is 1. The van der Waals surface area contributed by atoms with E-state index in [1.54, 1.807) is 0 Å². The zero-order valence-corrected chi connectivity index (χ0v) is 8.72. The molecule has 8 heteroatoms. The Balaban J connectivity index is 2.05. The van der Waals surface area contributed by atoms with Gasteiger partial charge in [-0.25, -0.2) is 0 Å². The van der Waals surface area contributed by atoms with Crippen molar-refractivity contribution in [3.63, 3.8) is 0 Å². The molecular weight excluding hydrogens is 228 g/mol. The lowest BCUT2D eigenvalue weighted by atomic mass is 10.6. The highest BCUT2D eigenvalue weighted by atomic mass is 16.6. The van der Waals surface area contributed by atoms with E-state index < -0.39 is 4.92 Å². The summed E-state index contributed by atoms with van der Waals surface area (Å²) in [6.45, 7) is 0.648. The maximum absolute atomic E-state index is 10.4. The van der Waals surface area contributed by atoms with Crippen molar-refractivity contribution in [1.82, 2.24) is 14.1 Å². The first-order valence-electron chi connectivity index (χ1n) is 4.81. The van der Waals surface area contributed by atoms with Gasteiger partial charge in [-0.2, -0.15) is 0 Å². The van der Waals surface area contributed by atoms with Crippen molar-refractivity contribution in [3.8, 4) is 11.8 Å². The van der Waals surface area contributed by atoms with Crippen LogP contribution in [0.3, 0.4) is 0 Å². The fraction of sp³-hybridized carbons (Fsp3) is 0.222. The highest BCUT2D eigenvalue weighted by molar-refractivity contribution is 5.23. The fourth-order valence-corrected chi connectivity index (χ4v) is 1.46. The Bertz CT molecular complexity index is 525. The van der Waals surface area contributed by atoms with Crippen LogP contribution in [0.2, 0.25) is 0 Å². The predicted molar refractivity (Wildman–Crippen MR) is 56.6 cm³/mol. The normalized spacial score (nSPS) is 10.6. The van der Waals surface area contributed by atoms with Crippen LogP contribution in [0.1, 0.15) is 0 Å². The monoisotopic (exact) mass is 238 g/mol. The van der Waals surface area contributed by atoms with Crippen LogP contribution >= 0.6 is 0 Å². The molecule has 8 nitrogen and oxygen atoms in total.